The van der Waals surface area contributed by atoms with E-state index in [1.807, 2.05) is 36.4 Å². The van der Waals surface area contributed by atoms with Crippen LogP contribution in [0.2, 0.25) is 0 Å². The summed E-state index contributed by atoms with van der Waals surface area (Å²) in [6, 6.07) is 65.4. The van der Waals surface area contributed by atoms with Crippen LogP contribution >= 0.6 is 0 Å². The molecule has 1 aliphatic rings. The van der Waals surface area contributed by atoms with Crippen LogP contribution in [-0.4, -0.2) is 19.5 Å². The molecule has 4 nitrogen and oxygen atoms in total. The zero-order chi connectivity index (χ0) is 38.5. The summed E-state index contributed by atoms with van der Waals surface area (Å²) in [5.41, 5.74) is 11.5. The van der Waals surface area contributed by atoms with Crippen LogP contribution in [-0.2, 0) is 5.41 Å². The van der Waals surface area contributed by atoms with Crippen molar-refractivity contribution in [2.45, 2.75) is 19.3 Å². The maximum Gasteiger partial charge on any atom is 0.164 e. The summed E-state index contributed by atoms with van der Waals surface area (Å²) in [7, 11) is 0. The Hall–Kier alpha value is -7.43. The molecule has 11 aromatic rings. The van der Waals surface area contributed by atoms with Crippen molar-refractivity contribution in [3.8, 4) is 51.0 Å². The molecule has 0 saturated carbocycles. The van der Waals surface area contributed by atoms with Gasteiger partial charge in [0.05, 0.1) is 11.0 Å². The Kier molecular flexibility index (Phi) is 6.94. The molecular formula is C54H36N4. The summed E-state index contributed by atoms with van der Waals surface area (Å²) < 4.78 is 2.46. The van der Waals surface area contributed by atoms with Crippen molar-refractivity contribution in [2.75, 3.05) is 0 Å². The highest BCUT2D eigenvalue weighted by molar-refractivity contribution is 6.28. The van der Waals surface area contributed by atoms with E-state index >= 15 is 0 Å². The number of aromatic nitrogens is 4. The number of fused-ring (bicyclic) bond motifs is 12. The predicted molar refractivity (Wildman–Crippen MR) is 241 cm³/mol. The number of hydrogen-bond donors (Lipinski definition) is 0. The Morgan fingerprint density at radius 2 is 0.897 bits per heavy atom. The SMILES string of the molecule is CC1(C)c2ccccc2-c2cc3c(cc21)c1ccccc1n3-c1cc(-c2nc(-c3ccccc3)nc(-c3ccccc3)n2)c2c3ccccc3c3ccccc3c2c1. The van der Waals surface area contributed by atoms with E-state index in [9.17, 15) is 0 Å². The Bertz CT molecular complexity index is 3410. The van der Waals surface area contributed by atoms with Crippen molar-refractivity contribution < 1.29 is 0 Å². The van der Waals surface area contributed by atoms with Gasteiger partial charge >= 0.3 is 0 Å². The molecule has 58 heavy (non-hydrogen) atoms. The van der Waals surface area contributed by atoms with Crippen molar-refractivity contribution in [2.24, 2.45) is 0 Å². The second kappa shape index (κ2) is 12.3. The molecule has 0 N–H and O–H groups in total. The summed E-state index contributed by atoms with van der Waals surface area (Å²) >= 11 is 0. The maximum absolute atomic E-state index is 5.34. The Balaban J connectivity index is 1.24. The molecule has 272 valence electrons. The number of para-hydroxylation sites is 1. The van der Waals surface area contributed by atoms with Crippen LogP contribution in [0.4, 0.5) is 0 Å². The normalized spacial score (nSPS) is 13.1. The van der Waals surface area contributed by atoms with Crippen molar-refractivity contribution in [3.05, 3.63) is 193 Å². The minimum Gasteiger partial charge on any atom is -0.309 e. The standard InChI is InChI=1S/C54H36N4/c1-54(2)46-27-15-13-24-39(46)42-32-49-43(31-47(42)54)40-25-14-16-28-48(40)58(49)35-29-44-38-23-10-9-21-36(38)37-22-11-12-26-41(37)50(44)45(30-35)53-56-51(33-17-5-3-6-18-33)55-52(57-53)34-19-7-4-8-20-34/h3-32H,1-2H3. The Morgan fingerprint density at radius 3 is 1.59 bits per heavy atom. The van der Waals surface area contributed by atoms with Crippen molar-refractivity contribution in [1.82, 2.24) is 19.5 Å². The molecule has 0 atom stereocenters. The molecule has 0 aliphatic heterocycles. The van der Waals surface area contributed by atoms with E-state index < -0.39 is 0 Å². The third kappa shape index (κ3) is 4.72. The zero-order valence-corrected chi connectivity index (χ0v) is 32.1. The summed E-state index contributed by atoms with van der Waals surface area (Å²) in [5.74, 6) is 1.92. The topological polar surface area (TPSA) is 43.6 Å². The summed E-state index contributed by atoms with van der Waals surface area (Å²) in [4.78, 5) is 15.8. The number of hydrogen-bond acceptors (Lipinski definition) is 3. The van der Waals surface area contributed by atoms with Crippen LogP contribution < -0.4 is 0 Å². The molecule has 2 heterocycles. The lowest BCUT2D eigenvalue weighted by Gasteiger charge is -2.21. The van der Waals surface area contributed by atoms with Crippen LogP contribution in [0, 0.1) is 0 Å². The lowest BCUT2D eigenvalue weighted by molar-refractivity contribution is 0.661. The van der Waals surface area contributed by atoms with Crippen LogP contribution in [0.5, 0.6) is 0 Å². The highest BCUT2D eigenvalue weighted by Gasteiger charge is 2.36. The molecule has 0 spiro atoms. The fourth-order valence-electron chi connectivity index (χ4n) is 9.69. The monoisotopic (exact) mass is 740 g/mol. The molecule has 0 amide bonds. The average Bonchev–Trinajstić information content (AvgIpc) is 3.73. The van der Waals surface area contributed by atoms with Crippen LogP contribution in [0.1, 0.15) is 25.0 Å². The van der Waals surface area contributed by atoms with Crippen molar-refractivity contribution in [3.63, 3.8) is 0 Å². The van der Waals surface area contributed by atoms with Crippen molar-refractivity contribution in [1.29, 1.82) is 0 Å². The first-order valence-electron chi connectivity index (χ1n) is 20.0. The van der Waals surface area contributed by atoms with E-state index in [4.69, 9.17) is 15.0 Å². The number of rotatable bonds is 4. The number of nitrogens with zero attached hydrogens (tertiary/aromatic N) is 4. The zero-order valence-electron chi connectivity index (χ0n) is 32.1. The summed E-state index contributed by atoms with van der Waals surface area (Å²) in [6.45, 7) is 4.71. The molecule has 0 radical (unpaired) electrons. The molecule has 4 heteroatoms. The highest BCUT2D eigenvalue weighted by Crippen LogP contribution is 2.51. The predicted octanol–water partition coefficient (Wildman–Crippen LogP) is 13.7. The van der Waals surface area contributed by atoms with Gasteiger partial charge in [-0.3, -0.25) is 0 Å². The van der Waals surface area contributed by atoms with Gasteiger partial charge in [0.15, 0.2) is 17.5 Å². The third-order valence-corrected chi connectivity index (χ3v) is 12.4. The molecule has 0 fully saturated rings. The lowest BCUT2D eigenvalue weighted by atomic mass is 9.82. The molecular weight excluding hydrogens is 705 g/mol. The van der Waals surface area contributed by atoms with Gasteiger partial charge in [-0.25, -0.2) is 15.0 Å². The molecule has 0 unspecified atom stereocenters. The Morgan fingerprint density at radius 1 is 0.362 bits per heavy atom. The van der Waals surface area contributed by atoms with E-state index in [0.29, 0.717) is 17.5 Å². The molecule has 9 aromatic carbocycles. The maximum atomic E-state index is 5.34. The summed E-state index contributed by atoms with van der Waals surface area (Å²) in [6.07, 6.45) is 0. The highest BCUT2D eigenvalue weighted by atomic mass is 15.0. The quantitative estimate of drug-likeness (QED) is 0.169. The second-order valence-corrected chi connectivity index (χ2v) is 16.0. The van der Waals surface area contributed by atoms with Gasteiger partial charge in [0, 0.05) is 44.0 Å². The van der Waals surface area contributed by atoms with Gasteiger partial charge in [0.1, 0.15) is 0 Å². The van der Waals surface area contributed by atoms with Gasteiger partial charge in [-0.15, -0.1) is 0 Å². The van der Waals surface area contributed by atoms with E-state index in [1.165, 1.54) is 60.1 Å². The first kappa shape index (κ1) is 32.8. The van der Waals surface area contributed by atoms with Crippen LogP contribution in [0.25, 0.3) is 105 Å². The first-order chi connectivity index (χ1) is 28.5. The van der Waals surface area contributed by atoms with Gasteiger partial charge in [0.25, 0.3) is 0 Å². The molecule has 1 aliphatic carbocycles. The summed E-state index contributed by atoms with van der Waals surface area (Å²) in [5, 5.41) is 9.54. The lowest BCUT2D eigenvalue weighted by Crippen LogP contribution is -2.14. The minimum atomic E-state index is -0.106. The molecule has 12 rings (SSSR count). The van der Waals surface area contributed by atoms with E-state index in [-0.39, 0.29) is 5.41 Å². The van der Waals surface area contributed by atoms with E-state index in [2.05, 4.69) is 164 Å². The van der Waals surface area contributed by atoms with Crippen molar-refractivity contribution >= 4 is 54.1 Å². The molecule has 0 bridgehead atoms. The fraction of sp³-hybridized carbons (Fsp3) is 0.0556. The smallest absolute Gasteiger partial charge is 0.164 e. The third-order valence-electron chi connectivity index (χ3n) is 12.4. The molecule has 2 aromatic heterocycles. The minimum absolute atomic E-state index is 0.106. The van der Waals surface area contributed by atoms with E-state index in [0.717, 1.165) is 38.7 Å². The van der Waals surface area contributed by atoms with E-state index in [1.54, 1.807) is 0 Å². The van der Waals surface area contributed by atoms with Crippen LogP contribution in [0.15, 0.2) is 182 Å². The average molecular weight is 741 g/mol. The van der Waals surface area contributed by atoms with Gasteiger partial charge in [-0.1, -0.05) is 166 Å². The van der Waals surface area contributed by atoms with Gasteiger partial charge in [-0.05, 0) is 79.5 Å². The van der Waals surface area contributed by atoms with Gasteiger partial charge < -0.3 is 4.57 Å². The second-order valence-electron chi connectivity index (χ2n) is 16.0. The molecule has 0 saturated heterocycles. The Labute approximate surface area is 335 Å². The van der Waals surface area contributed by atoms with Crippen LogP contribution in [0.3, 0.4) is 0 Å². The fourth-order valence-corrected chi connectivity index (χ4v) is 9.69. The largest absolute Gasteiger partial charge is 0.309 e. The van der Waals surface area contributed by atoms with Gasteiger partial charge in [0.2, 0.25) is 0 Å². The number of benzene rings is 9. The van der Waals surface area contributed by atoms with Gasteiger partial charge in [-0.2, -0.15) is 0 Å². The first-order valence-corrected chi connectivity index (χ1v) is 20.0.